The van der Waals surface area contributed by atoms with Crippen molar-refractivity contribution < 1.29 is 0 Å². The van der Waals surface area contributed by atoms with E-state index in [1.807, 2.05) is 0 Å². The highest BCUT2D eigenvalue weighted by Crippen LogP contribution is 2.60. The molecule has 0 spiro atoms. The molecule has 0 aliphatic carbocycles. The summed E-state index contributed by atoms with van der Waals surface area (Å²) >= 11 is 0. The molecule has 98 valence electrons. The van der Waals surface area contributed by atoms with Crippen LogP contribution in [-0.4, -0.2) is 22.6 Å². The summed E-state index contributed by atoms with van der Waals surface area (Å²) in [5.41, 5.74) is 6.79. The maximum atomic E-state index is 6.73. The maximum Gasteiger partial charge on any atom is 0.0723 e. The lowest BCUT2D eigenvalue weighted by molar-refractivity contribution is 0.0292. The Hall–Kier alpha value is -0.340. The van der Waals surface area contributed by atoms with Gasteiger partial charge in [-0.3, -0.25) is 4.90 Å². The van der Waals surface area contributed by atoms with E-state index in [1.165, 1.54) is 0 Å². The number of hydrogen-bond acceptors (Lipinski definition) is 2. The Bertz CT molecular complexity index is 320. The quantitative estimate of drug-likeness (QED) is 0.655. The molecule has 1 fully saturated rings. The van der Waals surface area contributed by atoms with Crippen molar-refractivity contribution in [3.8, 4) is 0 Å². The first-order valence-corrected chi connectivity index (χ1v) is 6.81. The SMILES string of the molecule is CC1C=CC(C)N2C1C(C)(C)C(C)(C)C2(C)N. The minimum absolute atomic E-state index is 0.0964. The summed E-state index contributed by atoms with van der Waals surface area (Å²) < 4.78 is 0. The molecule has 2 aliphatic rings. The molecular weight excluding hydrogens is 208 g/mol. The highest BCUT2D eigenvalue weighted by Gasteiger charge is 2.65. The largest absolute Gasteiger partial charge is 0.313 e. The second-order valence-electron chi connectivity index (χ2n) is 7.33. The van der Waals surface area contributed by atoms with Crippen molar-refractivity contribution in [3.63, 3.8) is 0 Å². The molecule has 2 heteroatoms. The van der Waals surface area contributed by atoms with Crippen molar-refractivity contribution in [2.75, 3.05) is 0 Å². The fourth-order valence-electron chi connectivity index (χ4n) is 4.10. The molecule has 2 N–H and O–H groups in total. The van der Waals surface area contributed by atoms with Crippen LogP contribution < -0.4 is 5.73 Å². The lowest BCUT2D eigenvalue weighted by Gasteiger charge is -2.46. The van der Waals surface area contributed by atoms with Gasteiger partial charge >= 0.3 is 0 Å². The van der Waals surface area contributed by atoms with Crippen LogP contribution in [0.3, 0.4) is 0 Å². The van der Waals surface area contributed by atoms with Gasteiger partial charge in [-0.2, -0.15) is 0 Å². The number of nitrogens with two attached hydrogens (primary N) is 1. The lowest BCUT2D eigenvalue weighted by atomic mass is 9.61. The molecule has 0 radical (unpaired) electrons. The Morgan fingerprint density at radius 3 is 2.00 bits per heavy atom. The van der Waals surface area contributed by atoms with Crippen LogP contribution in [0.4, 0.5) is 0 Å². The van der Waals surface area contributed by atoms with E-state index < -0.39 is 0 Å². The molecule has 0 aromatic heterocycles. The van der Waals surface area contributed by atoms with Gasteiger partial charge in [0.1, 0.15) is 0 Å². The summed E-state index contributed by atoms with van der Waals surface area (Å²) in [6.07, 6.45) is 4.68. The van der Waals surface area contributed by atoms with Crippen molar-refractivity contribution in [1.82, 2.24) is 4.90 Å². The minimum atomic E-state index is -0.250. The van der Waals surface area contributed by atoms with Crippen LogP contribution >= 0.6 is 0 Å². The van der Waals surface area contributed by atoms with Gasteiger partial charge in [0.05, 0.1) is 5.66 Å². The predicted molar refractivity (Wildman–Crippen MR) is 73.5 cm³/mol. The zero-order chi connectivity index (χ0) is 13.2. The molecular formula is C15H28N2. The zero-order valence-electron chi connectivity index (χ0n) is 12.4. The average molecular weight is 236 g/mol. The topological polar surface area (TPSA) is 29.3 Å². The number of nitrogens with zero attached hydrogens (tertiary/aromatic N) is 1. The fourth-order valence-corrected chi connectivity index (χ4v) is 4.10. The fraction of sp³-hybridized carbons (Fsp3) is 0.867. The summed E-state index contributed by atoms with van der Waals surface area (Å²) in [5, 5.41) is 0. The summed E-state index contributed by atoms with van der Waals surface area (Å²) in [6.45, 7) is 16.2. The molecule has 0 amide bonds. The third kappa shape index (κ3) is 1.34. The van der Waals surface area contributed by atoms with Gasteiger partial charge in [0, 0.05) is 17.5 Å². The number of fused-ring (bicyclic) bond motifs is 1. The van der Waals surface area contributed by atoms with Gasteiger partial charge in [0.2, 0.25) is 0 Å². The Morgan fingerprint density at radius 1 is 1.00 bits per heavy atom. The van der Waals surface area contributed by atoms with Crippen molar-refractivity contribution in [2.24, 2.45) is 22.5 Å². The third-order valence-corrected chi connectivity index (χ3v) is 6.08. The predicted octanol–water partition coefficient (Wildman–Crippen LogP) is 2.99. The van der Waals surface area contributed by atoms with E-state index >= 15 is 0 Å². The highest BCUT2D eigenvalue weighted by atomic mass is 15.4. The normalized spacial score (nSPS) is 48.1. The Kier molecular flexibility index (Phi) is 2.59. The zero-order valence-corrected chi connectivity index (χ0v) is 12.4. The number of hydrogen-bond donors (Lipinski definition) is 1. The van der Waals surface area contributed by atoms with Gasteiger partial charge in [-0.25, -0.2) is 0 Å². The Morgan fingerprint density at radius 2 is 1.53 bits per heavy atom. The van der Waals surface area contributed by atoms with Gasteiger partial charge in [-0.05, 0) is 25.2 Å². The summed E-state index contributed by atoms with van der Waals surface area (Å²) in [4.78, 5) is 2.54. The van der Waals surface area contributed by atoms with E-state index in [0.29, 0.717) is 18.0 Å². The van der Waals surface area contributed by atoms with Crippen molar-refractivity contribution in [2.45, 2.75) is 66.2 Å². The van der Waals surface area contributed by atoms with Gasteiger partial charge < -0.3 is 5.73 Å². The molecule has 2 heterocycles. The van der Waals surface area contributed by atoms with Crippen LogP contribution in [0.1, 0.15) is 48.5 Å². The first-order valence-electron chi connectivity index (χ1n) is 6.81. The van der Waals surface area contributed by atoms with Crippen molar-refractivity contribution in [3.05, 3.63) is 12.2 Å². The monoisotopic (exact) mass is 236 g/mol. The summed E-state index contributed by atoms with van der Waals surface area (Å²) in [6, 6.07) is 0.972. The maximum absolute atomic E-state index is 6.73. The minimum Gasteiger partial charge on any atom is -0.313 e. The van der Waals surface area contributed by atoms with Crippen LogP contribution in [0.25, 0.3) is 0 Å². The molecule has 4 atom stereocenters. The molecule has 2 aliphatic heterocycles. The van der Waals surface area contributed by atoms with Gasteiger partial charge in [-0.1, -0.05) is 46.8 Å². The van der Waals surface area contributed by atoms with Crippen LogP contribution in [-0.2, 0) is 0 Å². The van der Waals surface area contributed by atoms with Gasteiger partial charge in [0.15, 0.2) is 0 Å². The van der Waals surface area contributed by atoms with E-state index in [1.54, 1.807) is 0 Å². The molecule has 2 rings (SSSR count). The van der Waals surface area contributed by atoms with E-state index in [0.717, 1.165) is 0 Å². The van der Waals surface area contributed by atoms with E-state index in [2.05, 4.69) is 65.5 Å². The Balaban J connectivity index is 2.59. The molecule has 0 saturated carbocycles. The second-order valence-corrected chi connectivity index (χ2v) is 7.33. The third-order valence-electron chi connectivity index (χ3n) is 6.08. The van der Waals surface area contributed by atoms with E-state index in [4.69, 9.17) is 5.73 Å². The van der Waals surface area contributed by atoms with Gasteiger partial charge in [-0.15, -0.1) is 0 Å². The number of rotatable bonds is 0. The van der Waals surface area contributed by atoms with E-state index in [-0.39, 0.29) is 16.5 Å². The standard InChI is InChI=1S/C15H28N2/c1-10-8-9-11(2)17-12(10)13(3,4)14(5,6)15(17,7)16/h8-12H,16H2,1-7H3. The van der Waals surface area contributed by atoms with Crippen molar-refractivity contribution >= 4 is 0 Å². The smallest absolute Gasteiger partial charge is 0.0723 e. The van der Waals surface area contributed by atoms with Crippen molar-refractivity contribution in [1.29, 1.82) is 0 Å². The van der Waals surface area contributed by atoms with Crippen LogP contribution in [0, 0.1) is 16.7 Å². The van der Waals surface area contributed by atoms with E-state index in [9.17, 15) is 0 Å². The Labute approximate surface area is 106 Å². The molecule has 0 aromatic carbocycles. The lowest BCUT2D eigenvalue weighted by Crippen LogP contribution is -2.61. The second kappa shape index (κ2) is 3.36. The summed E-state index contributed by atoms with van der Waals surface area (Å²) in [5.74, 6) is 0.575. The first-order chi connectivity index (χ1) is 7.55. The first kappa shape index (κ1) is 13.1. The highest BCUT2D eigenvalue weighted by molar-refractivity contribution is 5.22. The average Bonchev–Trinajstić information content (AvgIpc) is 2.29. The molecule has 1 saturated heterocycles. The molecule has 4 unspecified atom stereocenters. The molecule has 17 heavy (non-hydrogen) atoms. The van der Waals surface area contributed by atoms with Gasteiger partial charge in [0.25, 0.3) is 0 Å². The van der Waals surface area contributed by atoms with Crippen LogP contribution in [0.15, 0.2) is 12.2 Å². The summed E-state index contributed by atoms with van der Waals surface area (Å²) in [7, 11) is 0. The van der Waals surface area contributed by atoms with Crippen LogP contribution in [0.2, 0.25) is 0 Å². The molecule has 0 aromatic rings. The molecule has 0 bridgehead atoms. The van der Waals surface area contributed by atoms with Crippen LogP contribution in [0.5, 0.6) is 0 Å². The molecule has 2 nitrogen and oxygen atoms in total.